The van der Waals surface area contributed by atoms with Crippen molar-refractivity contribution in [3.8, 4) is 5.75 Å². The molecule has 30 heavy (non-hydrogen) atoms. The van der Waals surface area contributed by atoms with Crippen LogP contribution in [0.25, 0.3) is 0 Å². The second kappa shape index (κ2) is 9.71. The Labute approximate surface area is 198 Å². The largest absolute Gasteiger partial charge is 0.482 e. The van der Waals surface area contributed by atoms with Crippen LogP contribution in [0.15, 0.2) is 28.8 Å². The summed E-state index contributed by atoms with van der Waals surface area (Å²) in [6, 6.07) is 5.06. The summed E-state index contributed by atoms with van der Waals surface area (Å²) in [5.74, 6) is 0.355. The van der Waals surface area contributed by atoms with Gasteiger partial charge in [0.15, 0.2) is 11.5 Å². The van der Waals surface area contributed by atoms with Crippen LogP contribution in [-0.4, -0.2) is 27.6 Å². The molecule has 11 heteroatoms. The van der Waals surface area contributed by atoms with Crippen molar-refractivity contribution in [1.29, 1.82) is 0 Å². The van der Waals surface area contributed by atoms with E-state index in [1.165, 1.54) is 0 Å². The molecule has 0 unspecified atom stereocenters. The Morgan fingerprint density at radius 3 is 2.33 bits per heavy atom. The molecule has 1 aromatic carbocycles. The molecule has 160 valence electrons. The van der Waals surface area contributed by atoms with Crippen LogP contribution in [-0.2, 0) is 19.7 Å². The SMILES string of the molecule is CCn1nccc1CN(C)C(=O)c1ccc(COc2c(Cl)c(Cl)c(Cl)c(Cl)c2Cl)o1. The van der Waals surface area contributed by atoms with E-state index in [-0.39, 0.29) is 49.1 Å². The van der Waals surface area contributed by atoms with Crippen LogP contribution < -0.4 is 4.74 Å². The Kier molecular flexibility index (Phi) is 7.47. The molecule has 0 saturated carbocycles. The summed E-state index contributed by atoms with van der Waals surface area (Å²) < 4.78 is 13.0. The molecule has 0 atom stereocenters. The molecule has 3 aromatic rings. The van der Waals surface area contributed by atoms with E-state index in [1.54, 1.807) is 30.3 Å². The quantitative estimate of drug-likeness (QED) is 0.264. The van der Waals surface area contributed by atoms with E-state index in [9.17, 15) is 4.79 Å². The molecule has 0 spiro atoms. The molecule has 0 fully saturated rings. The number of hydrogen-bond acceptors (Lipinski definition) is 4. The van der Waals surface area contributed by atoms with Crippen LogP contribution in [0.1, 0.15) is 28.9 Å². The first-order chi connectivity index (χ1) is 14.2. The standard InChI is InChI=1S/C19H16Cl5N3O3/c1-3-27-10(6-7-25-27)8-26(2)19(28)12-5-4-11(30-12)9-29-18-16(23)14(21)13(20)15(22)17(18)24/h4-7H,3,8-9H2,1-2H3. The zero-order chi connectivity index (χ0) is 22.0. The molecule has 0 aliphatic rings. The number of carbonyl (C=O) groups is 1. The summed E-state index contributed by atoms with van der Waals surface area (Å²) in [4.78, 5) is 14.2. The molecule has 2 heterocycles. The summed E-state index contributed by atoms with van der Waals surface area (Å²) in [6.07, 6.45) is 1.70. The van der Waals surface area contributed by atoms with Crippen molar-refractivity contribution < 1.29 is 13.9 Å². The van der Waals surface area contributed by atoms with E-state index in [0.717, 1.165) is 12.2 Å². The van der Waals surface area contributed by atoms with Crippen molar-refractivity contribution in [3.05, 3.63) is 66.7 Å². The summed E-state index contributed by atoms with van der Waals surface area (Å²) in [7, 11) is 1.69. The van der Waals surface area contributed by atoms with Gasteiger partial charge < -0.3 is 14.1 Å². The smallest absolute Gasteiger partial charge is 0.289 e. The van der Waals surface area contributed by atoms with E-state index >= 15 is 0 Å². The number of halogens is 5. The van der Waals surface area contributed by atoms with Gasteiger partial charge in [0.2, 0.25) is 0 Å². The van der Waals surface area contributed by atoms with Crippen molar-refractivity contribution >= 4 is 63.9 Å². The minimum atomic E-state index is -0.279. The van der Waals surface area contributed by atoms with Crippen LogP contribution in [0.3, 0.4) is 0 Å². The van der Waals surface area contributed by atoms with Gasteiger partial charge in [-0.25, -0.2) is 0 Å². The maximum atomic E-state index is 12.7. The van der Waals surface area contributed by atoms with E-state index < -0.39 is 0 Å². The molecule has 6 nitrogen and oxygen atoms in total. The van der Waals surface area contributed by atoms with Crippen molar-refractivity contribution in [3.63, 3.8) is 0 Å². The Bertz CT molecular complexity index is 1050. The van der Waals surface area contributed by atoms with Crippen molar-refractivity contribution in [2.45, 2.75) is 26.6 Å². The lowest BCUT2D eigenvalue weighted by atomic mass is 10.3. The second-order valence-electron chi connectivity index (χ2n) is 6.25. The fraction of sp³-hybridized carbons (Fsp3) is 0.263. The number of rotatable bonds is 7. The fourth-order valence-corrected chi connectivity index (χ4v) is 3.94. The highest BCUT2D eigenvalue weighted by Crippen LogP contribution is 2.48. The third-order valence-corrected chi connectivity index (χ3v) is 6.49. The Morgan fingerprint density at radius 2 is 1.70 bits per heavy atom. The fourth-order valence-electron chi connectivity index (χ4n) is 2.71. The Balaban J connectivity index is 1.69. The summed E-state index contributed by atoms with van der Waals surface area (Å²) in [6.45, 7) is 3.05. The van der Waals surface area contributed by atoms with E-state index in [0.29, 0.717) is 12.3 Å². The second-order valence-corrected chi connectivity index (χ2v) is 8.14. The molecule has 0 saturated heterocycles. The maximum Gasteiger partial charge on any atom is 0.289 e. The topological polar surface area (TPSA) is 60.5 Å². The Hall–Kier alpha value is -1.57. The van der Waals surface area contributed by atoms with Crippen LogP contribution in [0.4, 0.5) is 0 Å². The van der Waals surface area contributed by atoms with Gasteiger partial charge in [0.25, 0.3) is 5.91 Å². The lowest BCUT2D eigenvalue weighted by molar-refractivity contribution is 0.0745. The predicted molar refractivity (Wildman–Crippen MR) is 118 cm³/mol. The average Bonchev–Trinajstić information content (AvgIpc) is 3.39. The third-order valence-electron chi connectivity index (χ3n) is 4.25. The lowest BCUT2D eigenvalue weighted by Gasteiger charge is -2.16. The van der Waals surface area contributed by atoms with Crippen molar-refractivity contribution in [2.24, 2.45) is 0 Å². The van der Waals surface area contributed by atoms with Gasteiger partial charge in [-0.15, -0.1) is 0 Å². The molecule has 0 aliphatic heterocycles. The van der Waals surface area contributed by atoms with Gasteiger partial charge in [-0.1, -0.05) is 58.0 Å². The predicted octanol–water partition coefficient (Wildman–Crippen LogP) is 6.61. The molecule has 0 N–H and O–H groups in total. The molecule has 0 bridgehead atoms. The van der Waals surface area contributed by atoms with Crippen LogP contribution >= 0.6 is 58.0 Å². The molecule has 1 amide bonds. The lowest BCUT2D eigenvalue weighted by Crippen LogP contribution is -2.27. The highest BCUT2D eigenvalue weighted by molar-refractivity contribution is 6.55. The van der Waals surface area contributed by atoms with Gasteiger partial charge in [0.05, 0.1) is 27.3 Å². The number of ether oxygens (including phenoxy) is 1. The van der Waals surface area contributed by atoms with Crippen molar-refractivity contribution in [2.75, 3.05) is 7.05 Å². The van der Waals surface area contributed by atoms with Gasteiger partial charge in [-0.2, -0.15) is 5.10 Å². The third kappa shape index (κ3) is 4.68. The van der Waals surface area contributed by atoms with Crippen LogP contribution in [0.5, 0.6) is 5.75 Å². The molecule has 2 aromatic heterocycles. The zero-order valence-electron chi connectivity index (χ0n) is 15.9. The summed E-state index contributed by atoms with van der Waals surface area (Å²) in [5, 5.41) is 4.37. The number of amides is 1. The molecule has 0 aliphatic carbocycles. The number of nitrogens with zero attached hydrogens (tertiary/aromatic N) is 3. The number of furan rings is 1. The van der Waals surface area contributed by atoms with Gasteiger partial charge in [0.1, 0.15) is 22.4 Å². The number of hydrogen-bond donors (Lipinski definition) is 0. The van der Waals surface area contributed by atoms with E-state index in [1.807, 2.05) is 17.7 Å². The first-order valence-electron chi connectivity index (χ1n) is 8.73. The summed E-state index contributed by atoms with van der Waals surface area (Å²) in [5.41, 5.74) is 0.921. The number of benzene rings is 1. The monoisotopic (exact) mass is 509 g/mol. The number of carbonyl (C=O) groups excluding carboxylic acids is 1. The van der Waals surface area contributed by atoms with E-state index in [4.69, 9.17) is 67.2 Å². The van der Waals surface area contributed by atoms with Crippen LogP contribution in [0, 0.1) is 0 Å². The molecule has 0 radical (unpaired) electrons. The highest BCUT2D eigenvalue weighted by atomic mass is 35.5. The molecule has 3 rings (SSSR count). The van der Waals surface area contributed by atoms with Crippen LogP contribution in [0.2, 0.25) is 25.1 Å². The molecular formula is C19H16Cl5N3O3. The van der Waals surface area contributed by atoms with Gasteiger partial charge >= 0.3 is 0 Å². The average molecular weight is 512 g/mol. The van der Waals surface area contributed by atoms with Crippen molar-refractivity contribution in [1.82, 2.24) is 14.7 Å². The highest BCUT2D eigenvalue weighted by Gasteiger charge is 2.22. The molecular weight excluding hydrogens is 495 g/mol. The Morgan fingerprint density at radius 1 is 1.07 bits per heavy atom. The first kappa shape index (κ1) is 23.1. The number of aryl methyl sites for hydroxylation is 1. The van der Waals surface area contributed by atoms with E-state index in [2.05, 4.69) is 5.10 Å². The van der Waals surface area contributed by atoms with Gasteiger partial charge in [-0.05, 0) is 25.1 Å². The van der Waals surface area contributed by atoms with Gasteiger partial charge in [-0.3, -0.25) is 9.48 Å². The normalized spacial score (nSPS) is 11.0. The maximum absolute atomic E-state index is 12.7. The van der Waals surface area contributed by atoms with Gasteiger partial charge in [0, 0.05) is 19.8 Å². The minimum Gasteiger partial charge on any atom is -0.482 e. The minimum absolute atomic E-state index is 0.0333. The summed E-state index contributed by atoms with van der Waals surface area (Å²) >= 11 is 30.3. The number of aromatic nitrogens is 2. The first-order valence-corrected chi connectivity index (χ1v) is 10.6. The zero-order valence-corrected chi connectivity index (χ0v) is 19.7.